The predicted octanol–water partition coefficient (Wildman–Crippen LogP) is 4.95. The van der Waals surface area contributed by atoms with Gasteiger partial charge in [0.15, 0.2) is 0 Å². The number of benzene rings is 1. The Kier molecular flexibility index (Phi) is 6.00. The van der Waals surface area contributed by atoms with E-state index in [0.717, 1.165) is 41.4 Å². The van der Waals surface area contributed by atoms with Crippen LogP contribution in [0.4, 0.5) is 0 Å². The molecule has 1 aromatic rings. The van der Waals surface area contributed by atoms with E-state index in [2.05, 4.69) is 12.2 Å². The van der Waals surface area contributed by atoms with Crippen molar-refractivity contribution in [3.8, 4) is 0 Å². The Hall–Kier alpha value is -0.240. The molecule has 1 aromatic carbocycles. The van der Waals surface area contributed by atoms with Crippen LogP contribution in [0.1, 0.15) is 38.2 Å². The van der Waals surface area contributed by atoms with Gasteiger partial charge in [0.25, 0.3) is 0 Å². The van der Waals surface area contributed by atoms with Gasteiger partial charge in [0, 0.05) is 10.0 Å². The molecule has 1 N–H and O–H groups in total. The third-order valence-corrected chi connectivity index (χ3v) is 4.74. The van der Waals surface area contributed by atoms with Crippen LogP contribution in [0.3, 0.4) is 0 Å². The summed E-state index contributed by atoms with van der Waals surface area (Å²) in [5, 5.41) is 5.21. The van der Waals surface area contributed by atoms with E-state index in [-0.39, 0.29) is 0 Å². The largest absolute Gasteiger partial charge is 0.316 e. The fourth-order valence-corrected chi connectivity index (χ4v) is 3.49. The summed E-state index contributed by atoms with van der Waals surface area (Å²) in [6.07, 6.45) is 6.29. The summed E-state index contributed by atoms with van der Waals surface area (Å²) >= 11 is 12.3. The predicted molar refractivity (Wildman–Crippen MR) is 84.2 cm³/mol. The zero-order valence-corrected chi connectivity index (χ0v) is 13.1. The Morgan fingerprint density at radius 3 is 2.79 bits per heavy atom. The normalized spacial score (nSPS) is 22.9. The molecule has 2 rings (SSSR count). The van der Waals surface area contributed by atoms with E-state index in [1.54, 1.807) is 0 Å². The molecule has 1 aliphatic rings. The Morgan fingerprint density at radius 1 is 1.21 bits per heavy atom. The van der Waals surface area contributed by atoms with Crippen LogP contribution < -0.4 is 5.32 Å². The van der Waals surface area contributed by atoms with Crippen LogP contribution in [-0.2, 0) is 6.42 Å². The van der Waals surface area contributed by atoms with Crippen molar-refractivity contribution >= 4 is 23.2 Å². The van der Waals surface area contributed by atoms with Crippen molar-refractivity contribution < 1.29 is 0 Å². The van der Waals surface area contributed by atoms with Crippen LogP contribution in [0.2, 0.25) is 10.0 Å². The van der Waals surface area contributed by atoms with Gasteiger partial charge < -0.3 is 5.32 Å². The first-order valence-electron chi connectivity index (χ1n) is 7.35. The quantitative estimate of drug-likeness (QED) is 0.733. The molecule has 0 bridgehead atoms. The second kappa shape index (κ2) is 7.52. The number of hydrogen-bond donors (Lipinski definition) is 1. The van der Waals surface area contributed by atoms with E-state index in [9.17, 15) is 0 Å². The first-order chi connectivity index (χ1) is 9.20. The lowest BCUT2D eigenvalue weighted by molar-refractivity contribution is 0.365. The number of nitrogens with one attached hydrogen (secondary N) is 1. The second-order valence-corrected chi connectivity index (χ2v) is 6.44. The smallest absolute Gasteiger partial charge is 0.0439 e. The highest BCUT2D eigenvalue weighted by molar-refractivity contribution is 6.33. The molecule has 19 heavy (non-hydrogen) atoms. The maximum absolute atomic E-state index is 6.27. The minimum Gasteiger partial charge on any atom is -0.316 e. The van der Waals surface area contributed by atoms with Crippen LogP contribution in [0, 0.1) is 11.8 Å². The molecular formula is C16H23Cl2N. The molecule has 0 spiro atoms. The molecule has 0 amide bonds. The van der Waals surface area contributed by atoms with E-state index >= 15 is 0 Å². The van der Waals surface area contributed by atoms with E-state index in [1.807, 2.05) is 18.2 Å². The average Bonchev–Trinajstić information content (AvgIpc) is 2.82. The number of hydrogen-bond acceptors (Lipinski definition) is 1. The van der Waals surface area contributed by atoms with Gasteiger partial charge in [-0.25, -0.2) is 0 Å². The number of halogens is 2. The highest BCUT2D eigenvalue weighted by Crippen LogP contribution is 2.35. The molecule has 1 saturated carbocycles. The van der Waals surface area contributed by atoms with Crippen LogP contribution in [0.5, 0.6) is 0 Å². The molecule has 106 valence electrons. The molecular weight excluding hydrogens is 277 g/mol. The van der Waals surface area contributed by atoms with Crippen molar-refractivity contribution in [3.05, 3.63) is 33.8 Å². The zero-order valence-electron chi connectivity index (χ0n) is 11.6. The standard InChI is InChI=1S/C16H23Cl2N/c1-2-8-19-11-13-5-3-4-12(13)9-14-10-15(17)6-7-16(14)18/h6-7,10,12-13,19H,2-5,8-9,11H2,1H3. The lowest BCUT2D eigenvalue weighted by Gasteiger charge is -2.20. The summed E-state index contributed by atoms with van der Waals surface area (Å²) in [6.45, 7) is 4.49. The van der Waals surface area contributed by atoms with E-state index < -0.39 is 0 Å². The summed E-state index contributed by atoms with van der Waals surface area (Å²) in [5.74, 6) is 1.54. The fraction of sp³-hybridized carbons (Fsp3) is 0.625. The molecule has 0 heterocycles. The topological polar surface area (TPSA) is 12.0 Å². The fourth-order valence-electron chi connectivity index (χ4n) is 3.10. The SMILES string of the molecule is CCCNCC1CCCC1Cc1cc(Cl)ccc1Cl. The molecule has 1 aliphatic carbocycles. The van der Waals surface area contributed by atoms with Gasteiger partial charge in [0.2, 0.25) is 0 Å². The third-order valence-electron chi connectivity index (χ3n) is 4.14. The first kappa shape index (κ1) is 15.2. The van der Waals surface area contributed by atoms with E-state index in [1.165, 1.54) is 31.2 Å². The summed E-state index contributed by atoms with van der Waals surface area (Å²) in [6, 6.07) is 5.81. The Bertz CT molecular complexity index is 406. The summed E-state index contributed by atoms with van der Waals surface area (Å²) in [5.41, 5.74) is 1.21. The first-order valence-corrected chi connectivity index (χ1v) is 8.11. The Labute approximate surface area is 126 Å². The summed E-state index contributed by atoms with van der Waals surface area (Å²) < 4.78 is 0. The van der Waals surface area contributed by atoms with Crippen molar-refractivity contribution in [2.24, 2.45) is 11.8 Å². The maximum atomic E-state index is 6.27. The van der Waals surface area contributed by atoms with Crippen LogP contribution in [0.25, 0.3) is 0 Å². The molecule has 3 heteroatoms. The molecule has 0 radical (unpaired) electrons. The molecule has 1 nitrogen and oxygen atoms in total. The van der Waals surface area contributed by atoms with Crippen molar-refractivity contribution in [2.75, 3.05) is 13.1 Å². The minimum absolute atomic E-state index is 0.750. The highest BCUT2D eigenvalue weighted by Gasteiger charge is 2.27. The van der Waals surface area contributed by atoms with Crippen LogP contribution >= 0.6 is 23.2 Å². The van der Waals surface area contributed by atoms with E-state index in [4.69, 9.17) is 23.2 Å². The number of rotatable bonds is 6. The summed E-state index contributed by atoms with van der Waals surface area (Å²) in [4.78, 5) is 0. The van der Waals surface area contributed by atoms with Gasteiger partial charge in [-0.1, -0.05) is 36.5 Å². The molecule has 1 fully saturated rings. The van der Waals surface area contributed by atoms with Gasteiger partial charge in [-0.2, -0.15) is 0 Å². The third kappa shape index (κ3) is 4.37. The van der Waals surface area contributed by atoms with E-state index in [0.29, 0.717) is 0 Å². The average molecular weight is 300 g/mol. The zero-order chi connectivity index (χ0) is 13.7. The van der Waals surface area contributed by atoms with Gasteiger partial charge in [-0.15, -0.1) is 0 Å². The van der Waals surface area contributed by atoms with Crippen molar-refractivity contribution in [3.63, 3.8) is 0 Å². The van der Waals surface area contributed by atoms with Gasteiger partial charge >= 0.3 is 0 Å². The highest BCUT2D eigenvalue weighted by atomic mass is 35.5. The molecule has 2 unspecified atom stereocenters. The Morgan fingerprint density at radius 2 is 2.00 bits per heavy atom. The molecule has 0 aromatic heterocycles. The molecule has 0 saturated heterocycles. The van der Waals surface area contributed by atoms with Gasteiger partial charge in [0.05, 0.1) is 0 Å². The maximum Gasteiger partial charge on any atom is 0.0439 e. The van der Waals surface area contributed by atoms with Crippen molar-refractivity contribution in [1.29, 1.82) is 0 Å². The van der Waals surface area contributed by atoms with Gasteiger partial charge in [-0.05, 0) is 74.4 Å². The lowest BCUT2D eigenvalue weighted by Crippen LogP contribution is -2.26. The van der Waals surface area contributed by atoms with Crippen molar-refractivity contribution in [1.82, 2.24) is 5.32 Å². The van der Waals surface area contributed by atoms with Gasteiger partial charge in [-0.3, -0.25) is 0 Å². The second-order valence-electron chi connectivity index (χ2n) is 5.60. The van der Waals surface area contributed by atoms with Crippen LogP contribution in [-0.4, -0.2) is 13.1 Å². The van der Waals surface area contributed by atoms with Gasteiger partial charge in [0.1, 0.15) is 0 Å². The Balaban J connectivity index is 1.95. The monoisotopic (exact) mass is 299 g/mol. The molecule has 2 atom stereocenters. The minimum atomic E-state index is 0.750. The lowest BCUT2D eigenvalue weighted by atomic mass is 9.89. The molecule has 0 aliphatic heterocycles. The summed E-state index contributed by atoms with van der Waals surface area (Å²) in [7, 11) is 0. The van der Waals surface area contributed by atoms with Crippen molar-refractivity contribution in [2.45, 2.75) is 39.0 Å². The van der Waals surface area contributed by atoms with Crippen LogP contribution in [0.15, 0.2) is 18.2 Å².